The first kappa shape index (κ1) is 12.2. The first-order chi connectivity index (χ1) is 6.65. The fourth-order valence-corrected chi connectivity index (χ4v) is 1.61. The van der Waals surface area contributed by atoms with Crippen LogP contribution >= 0.6 is 34.2 Å². The van der Waals surface area contributed by atoms with E-state index in [1.54, 1.807) is 0 Å². The van der Waals surface area contributed by atoms with Gasteiger partial charge in [0.2, 0.25) is 0 Å². The summed E-state index contributed by atoms with van der Waals surface area (Å²) in [6.45, 7) is 3.17. The van der Waals surface area contributed by atoms with Crippen LogP contribution in [0.5, 0.6) is 0 Å². The van der Waals surface area contributed by atoms with Crippen molar-refractivity contribution in [1.29, 1.82) is 0 Å². The van der Waals surface area contributed by atoms with Gasteiger partial charge in [-0.05, 0) is 47.2 Å². The molecule has 2 N–H and O–H groups in total. The van der Waals surface area contributed by atoms with E-state index in [-0.39, 0.29) is 6.04 Å². The Bertz CT molecular complexity index is 306. The van der Waals surface area contributed by atoms with Crippen molar-refractivity contribution in [3.05, 3.63) is 32.4 Å². The van der Waals surface area contributed by atoms with E-state index in [0.29, 0.717) is 13.2 Å². The lowest BCUT2D eigenvalue weighted by Crippen LogP contribution is -2.17. The number of halogens is 2. The summed E-state index contributed by atoms with van der Waals surface area (Å²) in [5.74, 6) is 0. The van der Waals surface area contributed by atoms with Crippen molar-refractivity contribution in [2.75, 3.05) is 13.2 Å². The number of rotatable bonds is 4. The molecule has 0 saturated carbocycles. The summed E-state index contributed by atoms with van der Waals surface area (Å²) in [6, 6.07) is 5.75. The zero-order valence-electron chi connectivity index (χ0n) is 7.97. The third kappa shape index (κ3) is 3.38. The monoisotopic (exact) mass is 325 g/mol. The first-order valence-corrected chi connectivity index (χ1v) is 5.89. The highest BCUT2D eigenvalue weighted by Gasteiger charge is 2.07. The van der Waals surface area contributed by atoms with Gasteiger partial charge < -0.3 is 10.5 Å². The van der Waals surface area contributed by atoms with Gasteiger partial charge in [0, 0.05) is 10.2 Å². The summed E-state index contributed by atoms with van der Waals surface area (Å²) in [6.07, 6.45) is 0. The molecule has 0 aliphatic rings. The van der Waals surface area contributed by atoms with Crippen molar-refractivity contribution in [2.45, 2.75) is 13.0 Å². The topological polar surface area (TPSA) is 35.2 Å². The molecule has 1 atom stereocenters. The second kappa shape index (κ2) is 5.90. The van der Waals surface area contributed by atoms with Gasteiger partial charge in [0.1, 0.15) is 0 Å². The molecule has 1 rings (SSSR count). The van der Waals surface area contributed by atoms with Crippen LogP contribution in [0.1, 0.15) is 18.5 Å². The van der Waals surface area contributed by atoms with E-state index in [2.05, 4.69) is 22.6 Å². The molecule has 0 spiro atoms. The quantitative estimate of drug-likeness (QED) is 0.864. The zero-order chi connectivity index (χ0) is 10.6. The standard InChI is InChI=1S/C10H13ClINO/c1-2-14-6-10(13)7-3-4-9(12)8(11)5-7/h3-5,10H,2,6,13H2,1H3. The predicted molar refractivity (Wildman–Crippen MR) is 67.6 cm³/mol. The highest BCUT2D eigenvalue weighted by Crippen LogP contribution is 2.22. The van der Waals surface area contributed by atoms with Crippen molar-refractivity contribution in [2.24, 2.45) is 5.73 Å². The highest BCUT2D eigenvalue weighted by molar-refractivity contribution is 14.1. The molecule has 0 bridgehead atoms. The minimum Gasteiger partial charge on any atom is -0.380 e. The van der Waals surface area contributed by atoms with Crippen LogP contribution in [-0.4, -0.2) is 13.2 Å². The molecule has 0 aromatic heterocycles. The van der Waals surface area contributed by atoms with Crippen molar-refractivity contribution in [3.8, 4) is 0 Å². The minimum atomic E-state index is -0.0931. The maximum atomic E-state index is 5.99. The largest absolute Gasteiger partial charge is 0.380 e. The van der Waals surface area contributed by atoms with Crippen molar-refractivity contribution in [1.82, 2.24) is 0 Å². The second-order valence-electron chi connectivity index (χ2n) is 2.94. The van der Waals surface area contributed by atoms with E-state index in [1.807, 2.05) is 25.1 Å². The van der Waals surface area contributed by atoms with Crippen LogP contribution in [0.2, 0.25) is 5.02 Å². The van der Waals surface area contributed by atoms with Crippen LogP contribution in [0, 0.1) is 3.57 Å². The molecule has 14 heavy (non-hydrogen) atoms. The van der Waals surface area contributed by atoms with Gasteiger partial charge in [0.05, 0.1) is 17.7 Å². The normalized spacial score (nSPS) is 12.9. The Balaban J connectivity index is 2.70. The first-order valence-electron chi connectivity index (χ1n) is 4.43. The molecule has 0 radical (unpaired) electrons. The second-order valence-corrected chi connectivity index (χ2v) is 4.51. The lowest BCUT2D eigenvalue weighted by molar-refractivity contribution is 0.133. The van der Waals surface area contributed by atoms with Gasteiger partial charge in [-0.2, -0.15) is 0 Å². The number of nitrogens with two attached hydrogens (primary N) is 1. The van der Waals surface area contributed by atoms with Gasteiger partial charge in [0.25, 0.3) is 0 Å². The fourth-order valence-electron chi connectivity index (χ4n) is 1.08. The van der Waals surface area contributed by atoms with Gasteiger partial charge in [-0.1, -0.05) is 17.7 Å². The molecule has 0 fully saturated rings. The number of benzene rings is 1. The van der Waals surface area contributed by atoms with Gasteiger partial charge >= 0.3 is 0 Å². The van der Waals surface area contributed by atoms with Gasteiger partial charge in [-0.15, -0.1) is 0 Å². The van der Waals surface area contributed by atoms with E-state index in [0.717, 1.165) is 14.2 Å². The average Bonchev–Trinajstić information content (AvgIpc) is 2.18. The maximum absolute atomic E-state index is 5.99. The van der Waals surface area contributed by atoms with E-state index in [9.17, 15) is 0 Å². The third-order valence-electron chi connectivity index (χ3n) is 1.87. The molecule has 1 aromatic carbocycles. The van der Waals surface area contributed by atoms with E-state index >= 15 is 0 Å². The van der Waals surface area contributed by atoms with E-state index < -0.39 is 0 Å². The predicted octanol–water partition coefficient (Wildman–Crippen LogP) is 2.98. The Kier molecular flexibility index (Phi) is 5.15. The molecule has 0 aliphatic heterocycles. The van der Waals surface area contributed by atoms with Crippen LogP contribution in [0.4, 0.5) is 0 Å². The summed E-state index contributed by atoms with van der Waals surface area (Å²) in [5.41, 5.74) is 6.93. The van der Waals surface area contributed by atoms with Crippen LogP contribution < -0.4 is 5.73 Å². The molecule has 0 amide bonds. The highest BCUT2D eigenvalue weighted by atomic mass is 127. The van der Waals surface area contributed by atoms with Crippen LogP contribution in [0.15, 0.2) is 18.2 Å². The molecular weight excluding hydrogens is 312 g/mol. The fraction of sp³-hybridized carbons (Fsp3) is 0.400. The molecule has 1 aromatic rings. The SMILES string of the molecule is CCOCC(N)c1ccc(I)c(Cl)c1. The molecular formula is C10H13ClINO. The van der Waals surface area contributed by atoms with Gasteiger partial charge in [0.15, 0.2) is 0 Å². The lowest BCUT2D eigenvalue weighted by atomic mass is 10.1. The molecule has 2 nitrogen and oxygen atoms in total. The Morgan fingerprint density at radius 3 is 2.86 bits per heavy atom. The molecule has 0 aliphatic carbocycles. The lowest BCUT2D eigenvalue weighted by Gasteiger charge is -2.12. The smallest absolute Gasteiger partial charge is 0.0659 e. The minimum absolute atomic E-state index is 0.0931. The summed E-state index contributed by atoms with van der Waals surface area (Å²) in [4.78, 5) is 0. The van der Waals surface area contributed by atoms with Crippen molar-refractivity contribution >= 4 is 34.2 Å². The Labute approximate surface area is 103 Å². The van der Waals surface area contributed by atoms with Crippen molar-refractivity contribution < 1.29 is 4.74 Å². The third-order valence-corrected chi connectivity index (χ3v) is 3.45. The molecule has 4 heteroatoms. The van der Waals surface area contributed by atoms with Crippen LogP contribution in [0.3, 0.4) is 0 Å². The molecule has 1 unspecified atom stereocenters. The van der Waals surface area contributed by atoms with Gasteiger partial charge in [-0.25, -0.2) is 0 Å². The zero-order valence-corrected chi connectivity index (χ0v) is 10.9. The maximum Gasteiger partial charge on any atom is 0.0659 e. The Morgan fingerprint density at radius 1 is 1.57 bits per heavy atom. The Morgan fingerprint density at radius 2 is 2.29 bits per heavy atom. The summed E-state index contributed by atoms with van der Waals surface area (Å²) in [5, 5.41) is 0.745. The Hall–Kier alpha value is 0.160. The number of ether oxygens (including phenoxy) is 1. The summed E-state index contributed by atoms with van der Waals surface area (Å²) >= 11 is 8.18. The molecule has 78 valence electrons. The van der Waals surface area contributed by atoms with Crippen molar-refractivity contribution in [3.63, 3.8) is 0 Å². The van der Waals surface area contributed by atoms with E-state index in [1.165, 1.54) is 0 Å². The number of hydrogen-bond donors (Lipinski definition) is 1. The van der Waals surface area contributed by atoms with E-state index in [4.69, 9.17) is 22.1 Å². The van der Waals surface area contributed by atoms with Crippen LogP contribution in [0.25, 0.3) is 0 Å². The summed E-state index contributed by atoms with van der Waals surface area (Å²) < 4.78 is 6.29. The number of hydrogen-bond acceptors (Lipinski definition) is 2. The van der Waals surface area contributed by atoms with Crippen LogP contribution in [-0.2, 0) is 4.74 Å². The molecule has 0 saturated heterocycles. The summed E-state index contributed by atoms with van der Waals surface area (Å²) in [7, 11) is 0. The van der Waals surface area contributed by atoms with Gasteiger partial charge in [-0.3, -0.25) is 0 Å². The average molecular weight is 326 g/mol. The molecule has 0 heterocycles.